The van der Waals surface area contributed by atoms with Crippen LogP contribution in [-0.4, -0.2) is 30.1 Å². The first-order valence-corrected chi connectivity index (χ1v) is 11.8. The topological polar surface area (TPSA) is 99.0 Å². The van der Waals surface area contributed by atoms with Crippen LogP contribution < -0.4 is 24.4 Å². The van der Waals surface area contributed by atoms with Crippen LogP contribution in [0.15, 0.2) is 77.0 Å². The summed E-state index contributed by atoms with van der Waals surface area (Å²) in [5.41, 5.74) is 4.76. The summed E-state index contributed by atoms with van der Waals surface area (Å²) in [5, 5.41) is 7.36. The number of hydrogen-bond acceptors (Lipinski definition) is 7. The number of rotatable bonds is 5. The van der Waals surface area contributed by atoms with Gasteiger partial charge in [-0.15, -0.1) is 0 Å². The van der Waals surface area contributed by atoms with Gasteiger partial charge in [-0.05, 0) is 49.7 Å². The molecule has 1 N–H and O–H groups in total. The average Bonchev–Trinajstić information content (AvgIpc) is 3.58. The zero-order valence-corrected chi connectivity index (χ0v) is 20.5. The molecule has 186 valence electrons. The minimum absolute atomic E-state index is 0.147. The molecule has 0 bridgehead atoms. The maximum absolute atomic E-state index is 13.5. The van der Waals surface area contributed by atoms with E-state index in [9.17, 15) is 4.79 Å². The second kappa shape index (κ2) is 9.02. The number of methoxy groups -OCH3 is 1. The quantitative estimate of drug-likeness (QED) is 0.390. The molecule has 2 aliphatic rings. The number of aryl methyl sites for hydroxylation is 1. The van der Waals surface area contributed by atoms with E-state index < -0.39 is 6.04 Å². The maximum atomic E-state index is 13.5. The molecule has 3 heterocycles. The predicted octanol–water partition coefficient (Wildman–Crippen LogP) is 5.48. The van der Waals surface area contributed by atoms with Gasteiger partial charge in [0.15, 0.2) is 11.5 Å². The van der Waals surface area contributed by atoms with E-state index in [1.807, 2.05) is 68.4 Å². The smallest absolute Gasteiger partial charge is 0.327 e. The number of ether oxygens (including phenoxy) is 3. The van der Waals surface area contributed by atoms with Crippen LogP contribution >= 0.6 is 0 Å². The van der Waals surface area contributed by atoms with Crippen LogP contribution in [0, 0.1) is 6.92 Å². The number of allylic oxidation sites excluding steroid dienone is 1. The van der Waals surface area contributed by atoms with Crippen LogP contribution in [0.3, 0.4) is 0 Å². The van der Waals surface area contributed by atoms with Crippen molar-refractivity contribution in [2.75, 3.05) is 18.8 Å². The Labute approximate surface area is 213 Å². The first kappa shape index (κ1) is 22.7. The second-order valence-electron chi connectivity index (χ2n) is 8.82. The number of urea groups is 1. The highest BCUT2D eigenvalue weighted by atomic mass is 16.7. The van der Waals surface area contributed by atoms with E-state index in [2.05, 4.69) is 10.5 Å². The van der Waals surface area contributed by atoms with Gasteiger partial charge in [0.1, 0.15) is 5.75 Å². The minimum Gasteiger partial charge on any atom is -0.497 e. The van der Waals surface area contributed by atoms with E-state index >= 15 is 0 Å². The molecule has 6 rings (SSSR count). The third-order valence-corrected chi connectivity index (χ3v) is 6.48. The third-order valence-electron chi connectivity index (χ3n) is 6.48. The number of benzene rings is 3. The molecule has 1 aromatic heterocycles. The van der Waals surface area contributed by atoms with Gasteiger partial charge in [-0.1, -0.05) is 41.1 Å². The van der Waals surface area contributed by atoms with E-state index in [-0.39, 0.29) is 12.8 Å². The molecular weight excluding hydrogens is 472 g/mol. The number of hydrogen-bond donors (Lipinski definition) is 1. The second-order valence-corrected chi connectivity index (χ2v) is 8.82. The number of carbonyl (C=O) groups excluding carboxylic acids is 1. The van der Waals surface area contributed by atoms with Crippen molar-refractivity contribution in [2.24, 2.45) is 0 Å². The molecule has 2 aliphatic heterocycles. The van der Waals surface area contributed by atoms with Gasteiger partial charge in [0.05, 0.1) is 24.4 Å². The molecule has 0 radical (unpaired) electrons. The Bertz CT molecular complexity index is 1530. The summed E-state index contributed by atoms with van der Waals surface area (Å²) in [6.45, 7) is 4.02. The molecule has 1 atom stereocenters. The highest BCUT2D eigenvalue weighted by molar-refractivity contribution is 6.01. The molecule has 2 amide bonds. The zero-order valence-electron chi connectivity index (χ0n) is 20.5. The van der Waals surface area contributed by atoms with E-state index in [0.29, 0.717) is 40.2 Å². The fourth-order valence-corrected chi connectivity index (χ4v) is 4.64. The maximum Gasteiger partial charge on any atom is 0.327 e. The van der Waals surface area contributed by atoms with Gasteiger partial charge < -0.3 is 24.1 Å². The SMILES string of the molecule is COc1ccc(C2NC(=O)N(c3ccc4c(c3)OCO4)C(C)=C2c2nc(-c3cccc(C)c3)no2)cc1. The Kier molecular flexibility index (Phi) is 5.52. The highest BCUT2D eigenvalue weighted by Crippen LogP contribution is 2.42. The van der Waals surface area contributed by atoms with Crippen LogP contribution in [0.5, 0.6) is 17.2 Å². The van der Waals surface area contributed by atoms with Crippen molar-refractivity contribution in [1.82, 2.24) is 15.5 Å². The monoisotopic (exact) mass is 496 g/mol. The molecule has 0 aliphatic carbocycles. The number of carbonyl (C=O) groups is 1. The standard InChI is InChI=1S/C28H24N4O5/c1-16-5-4-6-19(13-16)26-30-27(37-31-26)24-17(2)32(20-9-12-22-23(14-20)36-15-35-22)28(33)29-25(24)18-7-10-21(34-3)11-8-18/h4-14,25H,15H2,1-3H3,(H,29,33). The Morgan fingerprint density at radius 3 is 2.59 bits per heavy atom. The molecule has 9 nitrogen and oxygen atoms in total. The average molecular weight is 497 g/mol. The third kappa shape index (κ3) is 4.04. The number of anilines is 1. The largest absolute Gasteiger partial charge is 0.497 e. The molecule has 3 aromatic carbocycles. The number of nitrogens with zero attached hydrogens (tertiary/aromatic N) is 3. The lowest BCUT2D eigenvalue weighted by atomic mass is 9.94. The van der Waals surface area contributed by atoms with Crippen molar-refractivity contribution in [2.45, 2.75) is 19.9 Å². The molecule has 0 saturated carbocycles. The first-order chi connectivity index (χ1) is 18.0. The summed E-state index contributed by atoms with van der Waals surface area (Å²) < 4.78 is 22.1. The number of fused-ring (bicyclic) bond motifs is 1. The Hall–Kier alpha value is -4.79. The van der Waals surface area contributed by atoms with Crippen molar-refractivity contribution in [3.05, 3.63) is 89.4 Å². The molecule has 0 saturated heterocycles. The molecular formula is C28H24N4O5. The van der Waals surface area contributed by atoms with Crippen LogP contribution in [0.25, 0.3) is 17.0 Å². The summed E-state index contributed by atoms with van der Waals surface area (Å²) in [6, 6.07) is 20.0. The van der Waals surface area contributed by atoms with Gasteiger partial charge in [0, 0.05) is 17.3 Å². The molecule has 0 spiro atoms. The van der Waals surface area contributed by atoms with Gasteiger partial charge in [0.2, 0.25) is 12.6 Å². The lowest BCUT2D eigenvalue weighted by molar-refractivity contribution is 0.174. The van der Waals surface area contributed by atoms with Gasteiger partial charge in [-0.3, -0.25) is 4.90 Å². The van der Waals surface area contributed by atoms with E-state index in [0.717, 1.165) is 22.4 Å². The van der Waals surface area contributed by atoms with Gasteiger partial charge in [0.25, 0.3) is 5.89 Å². The van der Waals surface area contributed by atoms with E-state index in [1.54, 1.807) is 24.1 Å². The molecule has 37 heavy (non-hydrogen) atoms. The van der Waals surface area contributed by atoms with Crippen molar-refractivity contribution in [3.8, 4) is 28.6 Å². The Morgan fingerprint density at radius 2 is 1.81 bits per heavy atom. The van der Waals surface area contributed by atoms with Crippen molar-refractivity contribution in [3.63, 3.8) is 0 Å². The minimum atomic E-state index is -0.519. The summed E-state index contributed by atoms with van der Waals surface area (Å²) in [4.78, 5) is 19.8. The van der Waals surface area contributed by atoms with Gasteiger partial charge >= 0.3 is 6.03 Å². The van der Waals surface area contributed by atoms with Crippen LogP contribution in [-0.2, 0) is 0 Å². The molecule has 9 heteroatoms. The molecule has 0 fully saturated rings. The normalized spacial score (nSPS) is 16.7. The fourth-order valence-electron chi connectivity index (χ4n) is 4.64. The summed E-state index contributed by atoms with van der Waals surface area (Å²) in [6.07, 6.45) is 0. The van der Waals surface area contributed by atoms with Gasteiger partial charge in [-0.25, -0.2) is 4.79 Å². The van der Waals surface area contributed by atoms with Crippen LogP contribution in [0.4, 0.5) is 10.5 Å². The predicted molar refractivity (Wildman–Crippen MR) is 136 cm³/mol. The van der Waals surface area contributed by atoms with Crippen LogP contribution in [0.2, 0.25) is 0 Å². The highest BCUT2D eigenvalue weighted by Gasteiger charge is 2.37. The van der Waals surface area contributed by atoms with Crippen LogP contribution in [0.1, 0.15) is 30.0 Å². The number of nitrogens with one attached hydrogen (secondary N) is 1. The van der Waals surface area contributed by atoms with Crippen molar-refractivity contribution in [1.29, 1.82) is 0 Å². The van der Waals surface area contributed by atoms with Crippen molar-refractivity contribution < 1.29 is 23.5 Å². The lowest BCUT2D eigenvalue weighted by Gasteiger charge is -2.35. The zero-order chi connectivity index (χ0) is 25.5. The number of amides is 2. The Balaban J connectivity index is 1.48. The molecule has 1 unspecified atom stereocenters. The number of aromatic nitrogens is 2. The summed E-state index contributed by atoms with van der Waals surface area (Å²) >= 11 is 0. The summed E-state index contributed by atoms with van der Waals surface area (Å²) in [5.74, 6) is 2.73. The van der Waals surface area contributed by atoms with Gasteiger partial charge in [-0.2, -0.15) is 4.98 Å². The van der Waals surface area contributed by atoms with Crippen molar-refractivity contribution >= 4 is 17.3 Å². The van der Waals surface area contributed by atoms with E-state index in [1.165, 1.54) is 0 Å². The Morgan fingerprint density at radius 1 is 1.00 bits per heavy atom. The van der Waals surface area contributed by atoms with E-state index in [4.69, 9.17) is 23.7 Å². The first-order valence-electron chi connectivity index (χ1n) is 11.8. The molecule has 4 aromatic rings. The fraction of sp³-hybridized carbons (Fsp3) is 0.179. The lowest BCUT2D eigenvalue weighted by Crippen LogP contribution is -2.46. The summed E-state index contributed by atoms with van der Waals surface area (Å²) in [7, 11) is 1.61.